The lowest BCUT2D eigenvalue weighted by molar-refractivity contribution is -0.145. The van der Waals surface area contributed by atoms with Crippen molar-refractivity contribution in [2.45, 2.75) is 76.5 Å². The number of aromatic nitrogens is 6. The minimum Gasteiger partial charge on any atom is -0.354 e. The van der Waals surface area contributed by atoms with Gasteiger partial charge in [0.15, 0.2) is 0 Å². The predicted molar refractivity (Wildman–Crippen MR) is 216 cm³/mol. The van der Waals surface area contributed by atoms with E-state index in [0.29, 0.717) is 18.7 Å². The second-order valence-corrected chi connectivity index (χ2v) is 13.4. The third-order valence-corrected chi connectivity index (χ3v) is 9.12. The molecule has 2 unspecified atom stereocenters. The summed E-state index contributed by atoms with van der Waals surface area (Å²) in [6.45, 7) is 8.75. The topological polar surface area (TPSA) is 139 Å². The number of hydrogen-bond acceptors (Lipinski definition) is 12. The van der Waals surface area contributed by atoms with Crippen molar-refractivity contribution < 1.29 is 26.3 Å². The second kappa shape index (κ2) is 27.3. The van der Waals surface area contributed by atoms with E-state index in [2.05, 4.69) is 57.5 Å². The molecule has 4 rings (SSSR count). The fourth-order valence-electron chi connectivity index (χ4n) is 4.02. The van der Waals surface area contributed by atoms with Gasteiger partial charge >= 0.3 is 12.4 Å². The van der Waals surface area contributed by atoms with E-state index in [9.17, 15) is 26.3 Å². The molecular formula is C35H48Cl2F6N10S2. The van der Waals surface area contributed by atoms with E-state index >= 15 is 0 Å². The van der Waals surface area contributed by atoms with Gasteiger partial charge in [-0.1, -0.05) is 81.4 Å². The van der Waals surface area contributed by atoms with Crippen LogP contribution in [0.25, 0.3) is 0 Å². The van der Waals surface area contributed by atoms with Gasteiger partial charge in [0, 0.05) is 48.0 Å². The first-order chi connectivity index (χ1) is 26.2. The van der Waals surface area contributed by atoms with Crippen molar-refractivity contribution in [3.8, 4) is 0 Å². The Hall–Kier alpha value is -3.32. The number of anilines is 3. The highest BCUT2D eigenvalue weighted by Gasteiger charge is 2.37. The largest absolute Gasteiger partial charge is 0.451 e. The monoisotopic (exact) mass is 856 g/mol. The number of benzene rings is 2. The van der Waals surface area contributed by atoms with E-state index in [1.807, 2.05) is 81.4 Å². The molecule has 20 heteroatoms. The van der Waals surface area contributed by atoms with E-state index in [1.165, 1.54) is 17.5 Å². The summed E-state index contributed by atoms with van der Waals surface area (Å²) < 4.78 is 77.1. The van der Waals surface area contributed by atoms with Gasteiger partial charge in [-0.05, 0) is 49.0 Å². The molecule has 306 valence electrons. The molecule has 0 amide bonds. The van der Waals surface area contributed by atoms with Gasteiger partial charge < -0.3 is 21.7 Å². The molecule has 0 aliphatic carbocycles. The van der Waals surface area contributed by atoms with E-state index in [0.717, 1.165) is 30.2 Å². The van der Waals surface area contributed by atoms with Gasteiger partial charge in [-0.15, -0.1) is 11.6 Å². The molecule has 0 saturated carbocycles. The minimum atomic E-state index is -4.66. The zero-order valence-electron chi connectivity index (χ0n) is 31.2. The fourth-order valence-corrected chi connectivity index (χ4v) is 6.48. The second-order valence-electron chi connectivity index (χ2n) is 11.0. The van der Waals surface area contributed by atoms with Gasteiger partial charge in [0.25, 0.3) is 0 Å². The van der Waals surface area contributed by atoms with Crippen LogP contribution in [0.1, 0.15) is 63.3 Å². The number of nitrogens with zero attached hydrogens (tertiary/aromatic N) is 6. The molecular weight excluding hydrogens is 809 g/mol. The van der Waals surface area contributed by atoms with Crippen LogP contribution >= 0.6 is 46.7 Å². The molecule has 2 aromatic carbocycles. The Kier molecular flexibility index (Phi) is 24.7. The van der Waals surface area contributed by atoms with Crippen LogP contribution in [-0.4, -0.2) is 73.0 Å². The fraction of sp³-hybridized carbons (Fsp3) is 0.486. The summed E-state index contributed by atoms with van der Waals surface area (Å²) in [6, 6.07) is 19.9. The maximum absolute atomic E-state index is 13.0. The smallest absolute Gasteiger partial charge is 0.354 e. The lowest BCUT2D eigenvalue weighted by atomic mass is 10.2. The quantitative estimate of drug-likeness (QED) is 0.0630. The van der Waals surface area contributed by atoms with Gasteiger partial charge in [-0.3, -0.25) is 0 Å². The molecule has 0 bridgehead atoms. The number of hydrogen-bond donors (Lipinski definition) is 4. The molecule has 2 atom stereocenters. The summed E-state index contributed by atoms with van der Waals surface area (Å²) in [7, 11) is 0. The van der Waals surface area contributed by atoms with Crippen LogP contribution in [0.4, 0.5) is 44.2 Å². The Morgan fingerprint density at radius 2 is 1.00 bits per heavy atom. The SMILES string of the molecule is CCC(CSCc1ccccc1)Nc1nc(Cl)nc(C(F)(F)F)n1.CCN.CCNc1nc(NC(CC)CSCc2ccccc2)nc(C(F)(F)F)n1.CCl. The predicted octanol–water partition coefficient (Wildman–Crippen LogP) is 9.93. The molecule has 0 saturated heterocycles. The van der Waals surface area contributed by atoms with E-state index < -0.39 is 29.3 Å². The number of alkyl halides is 7. The van der Waals surface area contributed by atoms with E-state index in [1.54, 1.807) is 30.4 Å². The highest BCUT2D eigenvalue weighted by Crippen LogP contribution is 2.29. The third kappa shape index (κ3) is 21.0. The van der Waals surface area contributed by atoms with Crippen LogP contribution in [0.5, 0.6) is 0 Å². The van der Waals surface area contributed by atoms with Crippen LogP contribution in [0.15, 0.2) is 60.7 Å². The molecule has 0 aliphatic heterocycles. The van der Waals surface area contributed by atoms with Crippen LogP contribution in [0.3, 0.4) is 0 Å². The Balaban J connectivity index is 0.000000494. The maximum Gasteiger partial charge on any atom is 0.451 e. The van der Waals surface area contributed by atoms with Crippen molar-refractivity contribution in [3.05, 3.63) is 88.7 Å². The highest BCUT2D eigenvalue weighted by atomic mass is 35.5. The maximum atomic E-state index is 13.0. The van der Waals surface area contributed by atoms with Gasteiger partial charge in [0.1, 0.15) is 0 Å². The molecule has 0 radical (unpaired) electrons. The van der Waals surface area contributed by atoms with Crippen molar-refractivity contribution in [2.75, 3.05) is 46.9 Å². The summed E-state index contributed by atoms with van der Waals surface area (Å²) in [5, 5.41) is 8.13. The van der Waals surface area contributed by atoms with Gasteiger partial charge in [0.05, 0.1) is 0 Å². The van der Waals surface area contributed by atoms with Gasteiger partial charge in [0.2, 0.25) is 34.8 Å². The summed E-state index contributed by atoms with van der Waals surface area (Å²) in [4.78, 5) is 21.2. The zero-order valence-corrected chi connectivity index (χ0v) is 34.3. The molecule has 0 fully saturated rings. The molecule has 4 aromatic rings. The summed E-state index contributed by atoms with van der Waals surface area (Å²) in [6.07, 6.45) is -6.35. The van der Waals surface area contributed by atoms with Crippen molar-refractivity contribution in [2.24, 2.45) is 5.73 Å². The average molecular weight is 858 g/mol. The molecule has 10 nitrogen and oxygen atoms in total. The van der Waals surface area contributed by atoms with Crippen LogP contribution < -0.4 is 21.7 Å². The molecule has 5 N–H and O–H groups in total. The number of thioether (sulfide) groups is 2. The summed E-state index contributed by atoms with van der Waals surface area (Å²) in [5.41, 5.74) is 7.25. The number of nitrogens with two attached hydrogens (primary N) is 1. The van der Waals surface area contributed by atoms with Crippen molar-refractivity contribution >= 4 is 64.6 Å². The minimum absolute atomic E-state index is 0.0401. The van der Waals surface area contributed by atoms with Gasteiger partial charge in [-0.2, -0.15) is 79.8 Å². The molecule has 0 spiro atoms. The van der Waals surface area contributed by atoms with Crippen LogP contribution in [0.2, 0.25) is 5.28 Å². The highest BCUT2D eigenvalue weighted by molar-refractivity contribution is 7.98. The lowest BCUT2D eigenvalue weighted by Crippen LogP contribution is -2.25. The molecule has 2 aromatic heterocycles. The first-order valence-electron chi connectivity index (χ1n) is 17.1. The Morgan fingerprint density at radius 1 is 0.618 bits per heavy atom. The van der Waals surface area contributed by atoms with Crippen molar-refractivity contribution in [1.82, 2.24) is 29.9 Å². The average Bonchev–Trinajstić information content (AvgIpc) is 3.15. The third-order valence-electron chi connectivity index (χ3n) is 6.60. The Bertz CT molecular complexity index is 1600. The summed E-state index contributed by atoms with van der Waals surface area (Å²) in [5.74, 6) is 0.311. The first kappa shape index (κ1) is 49.7. The Labute approximate surface area is 337 Å². The lowest BCUT2D eigenvalue weighted by Gasteiger charge is -2.18. The number of halogens is 8. The van der Waals surface area contributed by atoms with E-state index in [4.69, 9.17) is 17.3 Å². The normalized spacial score (nSPS) is 12.0. The van der Waals surface area contributed by atoms with Gasteiger partial charge in [-0.25, -0.2) is 0 Å². The van der Waals surface area contributed by atoms with Crippen molar-refractivity contribution in [1.29, 1.82) is 0 Å². The summed E-state index contributed by atoms with van der Waals surface area (Å²) >= 11 is 13.6. The van der Waals surface area contributed by atoms with Crippen LogP contribution in [-0.2, 0) is 23.9 Å². The standard InChI is InChI=1S/C17H22F3N5S.C15H16ClF3N4S.C2H7N.CH3Cl/c1-3-13(11-26-10-12-8-6-5-7-9-12)22-16-24-14(17(18,19)20)23-15(25-16)21-4-2;1-2-11(9-24-8-10-6-4-3-5-7-10)20-14-22-12(15(17,18)19)21-13(16)23-14;1-2-3;1-2/h5-9,13H,3-4,10-11H2,1-2H3,(H2,21,22,23,24,25);3-7,11H,2,8-9H2,1H3,(H,20,21,22,23);2-3H2,1H3;1H3. The number of rotatable bonds is 16. The number of nitrogens with one attached hydrogen (secondary N) is 3. The van der Waals surface area contributed by atoms with E-state index in [-0.39, 0.29) is 29.9 Å². The Morgan fingerprint density at radius 3 is 1.38 bits per heavy atom. The van der Waals surface area contributed by atoms with Crippen molar-refractivity contribution in [3.63, 3.8) is 0 Å². The van der Waals surface area contributed by atoms with Crippen LogP contribution in [0, 0.1) is 0 Å². The zero-order chi connectivity index (χ0) is 41.3. The first-order valence-corrected chi connectivity index (χ1v) is 20.6. The molecule has 2 heterocycles. The molecule has 55 heavy (non-hydrogen) atoms. The molecule has 0 aliphatic rings.